The van der Waals surface area contributed by atoms with Crippen molar-refractivity contribution < 1.29 is 26.3 Å². The van der Waals surface area contributed by atoms with Crippen LogP contribution in [0.5, 0.6) is 0 Å². The van der Waals surface area contributed by atoms with Gasteiger partial charge in [0.25, 0.3) is 0 Å². The number of nitriles is 1. The predicted molar refractivity (Wildman–Crippen MR) is 127 cm³/mol. The van der Waals surface area contributed by atoms with E-state index >= 15 is 0 Å². The van der Waals surface area contributed by atoms with Crippen molar-refractivity contribution in [1.82, 2.24) is 4.90 Å². The summed E-state index contributed by atoms with van der Waals surface area (Å²) in [4.78, 5) is 2.17. The monoisotopic (exact) mass is 510 g/mol. The minimum atomic E-state index is -4.55. The normalized spacial score (nSPS) is 18.6. The Balaban J connectivity index is 0.00000115. The zero-order valence-electron chi connectivity index (χ0n) is 20.8. The Morgan fingerprint density at radius 2 is 1.36 bits per heavy atom. The third-order valence-electron chi connectivity index (χ3n) is 7.58. The van der Waals surface area contributed by atoms with Crippen molar-refractivity contribution in [3.8, 4) is 6.07 Å². The van der Waals surface area contributed by atoms with E-state index in [9.17, 15) is 26.3 Å². The molecule has 0 bridgehead atoms. The van der Waals surface area contributed by atoms with Crippen molar-refractivity contribution in [3.63, 3.8) is 0 Å². The van der Waals surface area contributed by atoms with E-state index in [4.69, 9.17) is 5.26 Å². The number of benzene rings is 2. The summed E-state index contributed by atoms with van der Waals surface area (Å²) in [5.74, 6) is 0. The summed E-state index contributed by atoms with van der Waals surface area (Å²) in [6.07, 6.45) is -8.44. The van der Waals surface area contributed by atoms with E-state index in [-0.39, 0.29) is 42.9 Å². The summed E-state index contributed by atoms with van der Waals surface area (Å²) in [7, 11) is 2.00. The summed E-state index contributed by atoms with van der Waals surface area (Å²) in [6, 6.07) is 16.2. The molecular formula is C28H32F6N2. The number of rotatable bonds is 8. The summed E-state index contributed by atoms with van der Waals surface area (Å²) in [5, 5.41) is 7.32. The molecule has 0 heterocycles. The average molecular weight is 511 g/mol. The molecule has 2 saturated carbocycles. The molecule has 0 saturated heterocycles. The minimum absolute atomic E-state index is 0.141. The zero-order chi connectivity index (χ0) is 26.8. The third-order valence-corrected chi connectivity index (χ3v) is 7.58. The molecule has 1 unspecified atom stereocenters. The maximum Gasteiger partial charge on any atom is 0.398 e. The Bertz CT molecular complexity index is 1060. The highest BCUT2D eigenvalue weighted by Crippen LogP contribution is 2.66. The Kier molecular flexibility index (Phi) is 8.14. The third kappa shape index (κ3) is 5.72. The van der Waals surface area contributed by atoms with E-state index in [0.717, 1.165) is 6.54 Å². The van der Waals surface area contributed by atoms with Crippen molar-refractivity contribution in [2.45, 2.75) is 88.1 Å². The van der Waals surface area contributed by atoms with Crippen LogP contribution in [0.1, 0.15) is 68.2 Å². The van der Waals surface area contributed by atoms with Gasteiger partial charge in [0.15, 0.2) is 0 Å². The van der Waals surface area contributed by atoms with Gasteiger partial charge in [0.1, 0.15) is 0 Å². The molecule has 2 nitrogen and oxygen atoms in total. The molecule has 2 aromatic carbocycles. The lowest BCUT2D eigenvalue weighted by Gasteiger charge is -2.29. The van der Waals surface area contributed by atoms with Crippen LogP contribution < -0.4 is 0 Å². The SMILES string of the molecule is CC#N.CC(CCc1ccc(C2(C(F)(F)F)CC2)c(C2(C(F)(F)F)CC2)c1)N(C)Cc1ccccc1. The molecule has 36 heavy (non-hydrogen) atoms. The van der Waals surface area contributed by atoms with Crippen LogP contribution in [-0.2, 0) is 23.8 Å². The molecule has 0 aliphatic heterocycles. The van der Waals surface area contributed by atoms with Crippen molar-refractivity contribution in [3.05, 3.63) is 70.8 Å². The number of hydrogen-bond acceptors (Lipinski definition) is 2. The zero-order valence-corrected chi connectivity index (χ0v) is 20.8. The first-order valence-electron chi connectivity index (χ1n) is 12.1. The maximum absolute atomic E-state index is 13.9. The number of alkyl halides is 6. The van der Waals surface area contributed by atoms with Gasteiger partial charge in [0.05, 0.1) is 16.9 Å². The highest BCUT2D eigenvalue weighted by molar-refractivity contribution is 5.50. The first kappa shape index (κ1) is 28.0. The molecule has 2 aromatic rings. The van der Waals surface area contributed by atoms with Crippen LogP contribution in [0.3, 0.4) is 0 Å². The average Bonchev–Trinajstić information content (AvgIpc) is 3.70. The van der Waals surface area contributed by atoms with E-state index in [0.29, 0.717) is 18.4 Å². The molecular weight excluding hydrogens is 478 g/mol. The van der Waals surface area contributed by atoms with E-state index < -0.39 is 23.2 Å². The van der Waals surface area contributed by atoms with Gasteiger partial charge in [0, 0.05) is 19.5 Å². The Morgan fingerprint density at radius 1 is 0.861 bits per heavy atom. The summed E-state index contributed by atoms with van der Waals surface area (Å²) in [5.41, 5.74) is -2.72. The van der Waals surface area contributed by atoms with Gasteiger partial charge in [-0.2, -0.15) is 31.6 Å². The molecule has 196 valence electrons. The van der Waals surface area contributed by atoms with Crippen molar-refractivity contribution in [2.24, 2.45) is 0 Å². The van der Waals surface area contributed by atoms with Crippen LogP contribution >= 0.6 is 0 Å². The standard InChI is InChI=1S/C26H29F6N.C2H3N/c1-18(33(2)17-20-6-4-3-5-7-20)8-9-19-10-11-21(23(12-13-23)25(27,28)29)22(16-19)24(14-15-24)26(30,31)32;1-2-3/h3-7,10-11,16,18H,8-9,12-15,17H2,1-2H3;1H3. The second-order valence-electron chi connectivity index (χ2n) is 10.1. The van der Waals surface area contributed by atoms with Crippen molar-refractivity contribution in [1.29, 1.82) is 5.26 Å². The molecule has 1 atom stereocenters. The summed E-state index contributed by atoms with van der Waals surface area (Å²) < 4.78 is 83.2. The fraction of sp³-hybridized carbons (Fsp3) is 0.536. The Labute approximate surface area is 208 Å². The minimum Gasteiger partial charge on any atom is -0.299 e. The van der Waals surface area contributed by atoms with Crippen molar-refractivity contribution >= 4 is 0 Å². The van der Waals surface area contributed by atoms with Gasteiger partial charge < -0.3 is 0 Å². The van der Waals surface area contributed by atoms with Crippen LogP contribution in [-0.4, -0.2) is 30.3 Å². The van der Waals surface area contributed by atoms with Gasteiger partial charge in [0.2, 0.25) is 0 Å². The molecule has 4 rings (SSSR count). The fourth-order valence-corrected chi connectivity index (χ4v) is 4.84. The lowest BCUT2D eigenvalue weighted by Crippen LogP contribution is -2.35. The fourth-order valence-electron chi connectivity index (χ4n) is 4.84. The van der Waals surface area contributed by atoms with E-state index in [2.05, 4.69) is 11.8 Å². The van der Waals surface area contributed by atoms with Gasteiger partial charge in [-0.05, 0) is 74.8 Å². The topological polar surface area (TPSA) is 27.0 Å². The van der Waals surface area contributed by atoms with E-state index in [1.165, 1.54) is 24.6 Å². The Hall–Kier alpha value is -2.53. The summed E-state index contributed by atoms with van der Waals surface area (Å²) >= 11 is 0. The van der Waals surface area contributed by atoms with Gasteiger partial charge in [-0.3, -0.25) is 4.90 Å². The molecule has 0 amide bonds. The molecule has 2 aliphatic rings. The quantitative estimate of drug-likeness (QED) is 0.338. The first-order valence-corrected chi connectivity index (χ1v) is 12.1. The van der Waals surface area contributed by atoms with Crippen LogP contribution in [0.2, 0.25) is 0 Å². The molecule has 0 aromatic heterocycles. The highest BCUT2D eigenvalue weighted by atomic mass is 19.4. The molecule has 0 spiro atoms. The lowest BCUT2D eigenvalue weighted by atomic mass is 9.81. The summed E-state index contributed by atoms with van der Waals surface area (Å²) in [6.45, 7) is 4.23. The Morgan fingerprint density at radius 3 is 1.83 bits per heavy atom. The van der Waals surface area contributed by atoms with Gasteiger partial charge in [-0.1, -0.05) is 48.5 Å². The van der Waals surface area contributed by atoms with E-state index in [1.807, 2.05) is 37.4 Å². The smallest absolute Gasteiger partial charge is 0.299 e. The van der Waals surface area contributed by atoms with Gasteiger partial charge in [-0.15, -0.1) is 0 Å². The van der Waals surface area contributed by atoms with Crippen LogP contribution in [0, 0.1) is 11.3 Å². The maximum atomic E-state index is 13.9. The largest absolute Gasteiger partial charge is 0.398 e. The first-order chi connectivity index (χ1) is 16.8. The van der Waals surface area contributed by atoms with E-state index in [1.54, 1.807) is 12.1 Å². The molecule has 0 N–H and O–H groups in total. The molecule has 2 aliphatic carbocycles. The van der Waals surface area contributed by atoms with Crippen LogP contribution in [0.15, 0.2) is 48.5 Å². The predicted octanol–water partition coefficient (Wildman–Crippen LogP) is 7.86. The second-order valence-corrected chi connectivity index (χ2v) is 10.1. The number of hydrogen-bond donors (Lipinski definition) is 0. The molecule has 2 fully saturated rings. The number of nitrogens with zero attached hydrogens (tertiary/aromatic N) is 2. The molecule has 8 heteroatoms. The van der Waals surface area contributed by atoms with Crippen LogP contribution in [0.4, 0.5) is 26.3 Å². The number of halogens is 6. The van der Waals surface area contributed by atoms with Gasteiger partial charge >= 0.3 is 12.4 Å². The highest BCUT2D eigenvalue weighted by Gasteiger charge is 2.70. The number of aryl methyl sites for hydroxylation is 1. The molecule has 0 radical (unpaired) electrons. The van der Waals surface area contributed by atoms with Crippen molar-refractivity contribution in [2.75, 3.05) is 7.05 Å². The van der Waals surface area contributed by atoms with Gasteiger partial charge in [-0.25, -0.2) is 0 Å². The van der Waals surface area contributed by atoms with Crippen LogP contribution in [0.25, 0.3) is 0 Å². The second kappa shape index (κ2) is 10.5. The lowest BCUT2D eigenvalue weighted by molar-refractivity contribution is -0.167.